The Bertz CT molecular complexity index is 3500. The van der Waals surface area contributed by atoms with Gasteiger partial charge in [-0.25, -0.2) is 0 Å². The summed E-state index contributed by atoms with van der Waals surface area (Å²) in [5, 5.41) is 6.90. The SMILES string of the molecule is c1ccc(-c2cccc3c2oc2ccc(-c4ccc(N(c5cccc6sc7ccccc7c56)c5ccc(-c6ccccc6)c6oc7ccccc7c56)cc4)cc23)cc1. The summed E-state index contributed by atoms with van der Waals surface area (Å²) in [6.45, 7) is 0. The van der Waals surface area contributed by atoms with Crippen molar-refractivity contribution in [3.8, 4) is 33.4 Å². The number of para-hydroxylation sites is 2. The Kier molecular flexibility index (Phi) is 7.40. The quantitative estimate of drug-likeness (QED) is 0.169. The van der Waals surface area contributed by atoms with Crippen molar-refractivity contribution in [3.05, 3.63) is 200 Å². The Morgan fingerprint density at radius 3 is 1.76 bits per heavy atom. The Hall–Kier alpha value is -7.40. The van der Waals surface area contributed by atoms with E-state index in [1.54, 1.807) is 0 Å². The summed E-state index contributed by atoms with van der Waals surface area (Å²) in [5.41, 5.74) is 13.5. The van der Waals surface area contributed by atoms with Crippen LogP contribution in [0.15, 0.2) is 209 Å². The van der Waals surface area contributed by atoms with E-state index in [-0.39, 0.29) is 0 Å². The van der Waals surface area contributed by atoms with Crippen molar-refractivity contribution in [1.82, 2.24) is 0 Å². The maximum Gasteiger partial charge on any atom is 0.145 e. The summed E-state index contributed by atoms with van der Waals surface area (Å²) in [7, 11) is 0. The van der Waals surface area contributed by atoms with Crippen LogP contribution in [0, 0.1) is 0 Å². The van der Waals surface area contributed by atoms with Crippen LogP contribution in [-0.2, 0) is 0 Å². The molecule has 12 aromatic rings. The lowest BCUT2D eigenvalue weighted by atomic mass is 9.98. The van der Waals surface area contributed by atoms with Crippen molar-refractivity contribution in [2.75, 3.05) is 4.90 Å². The molecule has 0 atom stereocenters. The molecule has 0 aliphatic heterocycles. The topological polar surface area (TPSA) is 29.5 Å². The maximum absolute atomic E-state index is 6.78. The molecule has 0 spiro atoms. The van der Waals surface area contributed by atoms with Crippen LogP contribution in [0.3, 0.4) is 0 Å². The predicted octanol–water partition coefficient (Wildman–Crippen LogP) is 16.3. The van der Waals surface area contributed by atoms with Crippen LogP contribution < -0.4 is 4.90 Å². The minimum Gasteiger partial charge on any atom is -0.455 e. The molecule has 3 heterocycles. The number of hydrogen-bond donors (Lipinski definition) is 0. The molecule has 0 bridgehead atoms. The summed E-state index contributed by atoms with van der Waals surface area (Å²) in [4.78, 5) is 2.43. The van der Waals surface area contributed by atoms with Crippen molar-refractivity contribution in [2.24, 2.45) is 0 Å². The lowest BCUT2D eigenvalue weighted by molar-refractivity contribution is 0.669. The molecular weight excluding hydrogens is 727 g/mol. The molecule has 0 unspecified atom stereocenters. The molecule has 0 amide bonds. The number of thiophene rings is 1. The first kappa shape index (κ1) is 32.8. The van der Waals surface area contributed by atoms with Gasteiger partial charge in [-0.1, -0.05) is 140 Å². The summed E-state index contributed by atoms with van der Waals surface area (Å²) >= 11 is 1.84. The van der Waals surface area contributed by atoms with E-state index in [1.165, 1.54) is 20.2 Å². The van der Waals surface area contributed by atoms with Crippen molar-refractivity contribution in [3.63, 3.8) is 0 Å². The van der Waals surface area contributed by atoms with Gasteiger partial charge in [-0.05, 0) is 82.9 Å². The second-order valence-corrected chi connectivity index (χ2v) is 15.9. The molecule has 0 saturated heterocycles. The van der Waals surface area contributed by atoms with E-state index in [9.17, 15) is 0 Å². The molecule has 3 aromatic heterocycles. The Labute approximate surface area is 338 Å². The van der Waals surface area contributed by atoms with Gasteiger partial charge < -0.3 is 13.7 Å². The monoisotopic (exact) mass is 759 g/mol. The third-order valence-corrected chi connectivity index (χ3v) is 12.6. The zero-order valence-corrected chi connectivity index (χ0v) is 32.0. The molecule has 58 heavy (non-hydrogen) atoms. The maximum atomic E-state index is 6.78. The van der Waals surface area contributed by atoms with E-state index in [4.69, 9.17) is 8.83 Å². The first-order valence-corrected chi connectivity index (χ1v) is 20.4. The Balaban J connectivity index is 1.06. The average molecular weight is 760 g/mol. The molecular formula is C54H33NO2S. The predicted molar refractivity (Wildman–Crippen MR) is 245 cm³/mol. The van der Waals surface area contributed by atoms with Gasteiger partial charge in [0, 0.05) is 53.1 Å². The molecule has 4 heteroatoms. The van der Waals surface area contributed by atoms with E-state index >= 15 is 0 Å². The molecule has 272 valence electrons. The lowest BCUT2D eigenvalue weighted by Crippen LogP contribution is -2.11. The van der Waals surface area contributed by atoms with Gasteiger partial charge >= 0.3 is 0 Å². The molecule has 0 radical (unpaired) electrons. The van der Waals surface area contributed by atoms with Crippen LogP contribution in [0.5, 0.6) is 0 Å². The molecule has 12 rings (SSSR count). The number of fused-ring (bicyclic) bond motifs is 9. The minimum absolute atomic E-state index is 0.870. The molecule has 0 fully saturated rings. The van der Waals surface area contributed by atoms with Gasteiger partial charge in [-0.3, -0.25) is 0 Å². The first-order chi connectivity index (χ1) is 28.8. The van der Waals surface area contributed by atoms with E-state index < -0.39 is 0 Å². The molecule has 0 N–H and O–H groups in total. The van der Waals surface area contributed by atoms with Gasteiger partial charge in [0.05, 0.1) is 16.8 Å². The lowest BCUT2D eigenvalue weighted by Gasteiger charge is -2.28. The van der Waals surface area contributed by atoms with Crippen molar-refractivity contribution >= 4 is 92.4 Å². The van der Waals surface area contributed by atoms with Gasteiger partial charge in [-0.2, -0.15) is 0 Å². The summed E-state index contributed by atoms with van der Waals surface area (Å²) < 4.78 is 15.8. The van der Waals surface area contributed by atoms with Crippen molar-refractivity contribution in [2.45, 2.75) is 0 Å². The van der Waals surface area contributed by atoms with Crippen LogP contribution in [0.4, 0.5) is 17.1 Å². The van der Waals surface area contributed by atoms with Crippen LogP contribution in [0.2, 0.25) is 0 Å². The summed E-state index contributed by atoms with van der Waals surface area (Å²) in [6, 6.07) is 71.3. The third kappa shape index (κ3) is 5.12. The summed E-state index contributed by atoms with van der Waals surface area (Å²) in [5.74, 6) is 0. The fourth-order valence-electron chi connectivity index (χ4n) is 8.82. The normalized spacial score (nSPS) is 11.8. The fourth-order valence-corrected chi connectivity index (χ4v) is 9.95. The average Bonchev–Trinajstić information content (AvgIpc) is 3.99. The van der Waals surface area contributed by atoms with E-state index in [0.29, 0.717) is 0 Å². The number of furan rings is 2. The van der Waals surface area contributed by atoms with Crippen LogP contribution in [-0.4, -0.2) is 0 Å². The molecule has 0 saturated carbocycles. The number of benzene rings is 9. The third-order valence-electron chi connectivity index (χ3n) is 11.5. The second-order valence-electron chi connectivity index (χ2n) is 14.8. The van der Waals surface area contributed by atoms with Gasteiger partial charge in [0.2, 0.25) is 0 Å². The number of nitrogens with zero attached hydrogens (tertiary/aromatic N) is 1. The number of anilines is 3. The Morgan fingerprint density at radius 2 is 0.948 bits per heavy atom. The number of hydrogen-bond acceptors (Lipinski definition) is 4. The highest BCUT2D eigenvalue weighted by atomic mass is 32.1. The van der Waals surface area contributed by atoms with Gasteiger partial charge in [0.1, 0.15) is 22.3 Å². The highest BCUT2D eigenvalue weighted by Gasteiger charge is 2.24. The fraction of sp³-hybridized carbons (Fsp3) is 0. The van der Waals surface area contributed by atoms with Gasteiger partial charge in [0.25, 0.3) is 0 Å². The van der Waals surface area contributed by atoms with Crippen LogP contribution >= 0.6 is 11.3 Å². The van der Waals surface area contributed by atoms with E-state index in [2.05, 4.69) is 193 Å². The molecule has 0 aliphatic carbocycles. The smallest absolute Gasteiger partial charge is 0.145 e. The summed E-state index contributed by atoms with van der Waals surface area (Å²) in [6.07, 6.45) is 0. The highest BCUT2D eigenvalue weighted by Crippen LogP contribution is 2.50. The Morgan fingerprint density at radius 1 is 0.345 bits per heavy atom. The largest absolute Gasteiger partial charge is 0.455 e. The highest BCUT2D eigenvalue weighted by molar-refractivity contribution is 7.26. The first-order valence-electron chi connectivity index (χ1n) is 19.6. The minimum atomic E-state index is 0.870. The molecule has 0 aliphatic rings. The van der Waals surface area contributed by atoms with Crippen molar-refractivity contribution in [1.29, 1.82) is 0 Å². The van der Waals surface area contributed by atoms with Gasteiger partial charge in [-0.15, -0.1) is 11.3 Å². The van der Waals surface area contributed by atoms with Crippen LogP contribution in [0.1, 0.15) is 0 Å². The van der Waals surface area contributed by atoms with Gasteiger partial charge in [0.15, 0.2) is 0 Å². The second kappa shape index (κ2) is 13.1. The van der Waals surface area contributed by atoms with E-state index in [1.807, 2.05) is 23.5 Å². The number of rotatable bonds is 6. The zero-order valence-electron chi connectivity index (χ0n) is 31.2. The standard InChI is InChI=1S/C54H33NO2S/c1-3-13-35(14-4-1)39-19-11-20-41-44-33-37(27-32-48(44)56-53(39)41)34-25-28-38(29-26-34)55(45-21-12-24-50-51(45)43-18-8-10-23-49(43)58-50)46-31-30-40(36-15-5-2-6-16-36)54-52(46)42-17-7-9-22-47(42)57-54/h1-33H. The van der Waals surface area contributed by atoms with Crippen molar-refractivity contribution < 1.29 is 8.83 Å². The van der Waals surface area contributed by atoms with Crippen LogP contribution in [0.25, 0.3) is 97.4 Å². The molecule has 9 aromatic carbocycles. The van der Waals surface area contributed by atoms with E-state index in [0.717, 1.165) is 94.3 Å². The zero-order chi connectivity index (χ0) is 38.2. The molecule has 3 nitrogen and oxygen atoms in total.